The Bertz CT molecular complexity index is 854. The summed E-state index contributed by atoms with van der Waals surface area (Å²) in [4.78, 5) is 16.7. The lowest BCUT2D eigenvalue weighted by molar-refractivity contribution is -0.115. The van der Waals surface area contributed by atoms with Gasteiger partial charge in [-0.15, -0.1) is 0 Å². The van der Waals surface area contributed by atoms with Crippen LogP contribution in [-0.4, -0.2) is 15.3 Å². The molecule has 4 nitrogen and oxygen atoms in total. The first-order valence-electron chi connectivity index (χ1n) is 7.04. The smallest absolute Gasteiger partial charge is 0.230 e. The minimum Gasteiger partial charge on any atom is -0.323 e. The van der Waals surface area contributed by atoms with Crippen LogP contribution in [0.25, 0.3) is 5.65 Å². The number of fused-ring (bicyclic) bond motifs is 1. The van der Waals surface area contributed by atoms with Gasteiger partial charge in [-0.05, 0) is 37.6 Å². The first kappa shape index (κ1) is 14.3. The Morgan fingerprint density at radius 3 is 2.77 bits per heavy atom. The summed E-state index contributed by atoms with van der Waals surface area (Å²) in [6.07, 6.45) is 2.03. The third-order valence-electron chi connectivity index (χ3n) is 3.62. The van der Waals surface area contributed by atoms with Crippen molar-refractivity contribution >= 4 is 17.2 Å². The minimum absolute atomic E-state index is 0.144. The summed E-state index contributed by atoms with van der Waals surface area (Å²) < 4.78 is 15.5. The number of aryl methyl sites for hydroxylation is 2. The number of carbonyl (C=O) groups excluding carboxylic acids is 1. The van der Waals surface area contributed by atoms with E-state index < -0.39 is 5.82 Å². The van der Waals surface area contributed by atoms with E-state index in [-0.39, 0.29) is 18.0 Å². The fourth-order valence-corrected chi connectivity index (χ4v) is 2.49. The van der Waals surface area contributed by atoms with Crippen molar-refractivity contribution in [3.8, 4) is 0 Å². The van der Waals surface area contributed by atoms with Crippen molar-refractivity contribution < 1.29 is 9.18 Å². The van der Waals surface area contributed by atoms with Gasteiger partial charge < -0.3 is 9.72 Å². The summed E-state index contributed by atoms with van der Waals surface area (Å²) in [5.74, 6) is -0.710. The molecule has 0 unspecified atom stereocenters. The average Bonchev–Trinajstić information content (AvgIpc) is 2.80. The van der Waals surface area contributed by atoms with Crippen LogP contribution in [-0.2, 0) is 11.2 Å². The Balaban J connectivity index is 1.87. The fraction of sp³-hybridized carbons (Fsp3) is 0.176. The lowest BCUT2D eigenvalue weighted by Gasteiger charge is -2.07. The van der Waals surface area contributed by atoms with Crippen molar-refractivity contribution in [1.29, 1.82) is 0 Å². The molecule has 0 atom stereocenters. The number of para-hydroxylation sites is 1. The van der Waals surface area contributed by atoms with E-state index in [0.717, 1.165) is 22.6 Å². The van der Waals surface area contributed by atoms with Crippen LogP contribution in [0.4, 0.5) is 10.1 Å². The normalized spacial score (nSPS) is 10.9. The van der Waals surface area contributed by atoms with Gasteiger partial charge in [-0.1, -0.05) is 18.2 Å². The maximum atomic E-state index is 13.6. The molecule has 0 bridgehead atoms. The SMILES string of the molecule is Cc1nc2c(C)cccn2c1CC(=O)Nc1ccccc1F. The number of rotatable bonds is 3. The van der Waals surface area contributed by atoms with Crippen molar-refractivity contribution in [1.82, 2.24) is 9.38 Å². The highest BCUT2D eigenvalue weighted by Crippen LogP contribution is 2.17. The minimum atomic E-state index is -0.443. The van der Waals surface area contributed by atoms with Crippen molar-refractivity contribution in [3.63, 3.8) is 0 Å². The number of amides is 1. The molecule has 0 fully saturated rings. The van der Waals surface area contributed by atoms with Crippen molar-refractivity contribution in [3.05, 3.63) is 65.4 Å². The molecule has 0 aliphatic rings. The second-order valence-corrected chi connectivity index (χ2v) is 5.23. The Labute approximate surface area is 127 Å². The van der Waals surface area contributed by atoms with Crippen LogP contribution < -0.4 is 5.32 Å². The largest absolute Gasteiger partial charge is 0.323 e. The van der Waals surface area contributed by atoms with E-state index in [9.17, 15) is 9.18 Å². The Morgan fingerprint density at radius 1 is 1.23 bits per heavy atom. The van der Waals surface area contributed by atoms with Gasteiger partial charge >= 0.3 is 0 Å². The molecule has 5 heteroatoms. The number of imidazole rings is 1. The van der Waals surface area contributed by atoms with Gasteiger partial charge in [-0.2, -0.15) is 0 Å². The molecule has 22 heavy (non-hydrogen) atoms. The second-order valence-electron chi connectivity index (χ2n) is 5.23. The zero-order chi connectivity index (χ0) is 15.7. The van der Waals surface area contributed by atoms with Crippen molar-refractivity contribution in [2.24, 2.45) is 0 Å². The number of halogens is 1. The zero-order valence-corrected chi connectivity index (χ0v) is 12.4. The Morgan fingerprint density at radius 2 is 2.00 bits per heavy atom. The number of aromatic nitrogens is 2. The van der Waals surface area contributed by atoms with E-state index in [0.29, 0.717) is 0 Å². The maximum Gasteiger partial charge on any atom is 0.230 e. The molecule has 0 saturated carbocycles. The lowest BCUT2D eigenvalue weighted by atomic mass is 10.2. The number of hydrogen-bond donors (Lipinski definition) is 1. The maximum absolute atomic E-state index is 13.6. The van der Waals surface area contributed by atoms with Crippen LogP contribution >= 0.6 is 0 Å². The van der Waals surface area contributed by atoms with Crippen LogP contribution in [0.1, 0.15) is 17.0 Å². The molecular weight excluding hydrogens is 281 g/mol. The molecule has 0 saturated heterocycles. The van der Waals surface area contributed by atoms with E-state index in [1.165, 1.54) is 6.07 Å². The number of hydrogen-bond acceptors (Lipinski definition) is 2. The fourth-order valence-electron chi connectivity index (χ4n) is 2.49. The van der Waals surface area contributed by atoms with Crippen LogP contribution in [0.15, 0.2) is 42.6 Å². The van der Waals surface area contributed by atoms with Crippen LogP contribution in [0.5, 0.6) is 0 Å². The summed E-state index contributed by atoms with van der Waals surface area (Å²) in [7, 11) is 0. The lowest BCUT2D eigenvalue weighted by Crippen LogP contribution is -2.17. The van der Waals surface area contributed by atoms with Crippen LogP contribution in [0, 0.1) is 19.7 Å². The number of anilines is 1. The number of nitrogens with zero attached hydrogens (tertiary/aromatic N) is 2. The molecule has 0 aliphatic carbocycles. The molecule has 0 aliphatic heterocycles. The quantitative estimate of drug-likeness (QED) is 0.806. The monoisotopic (exact) mass is 297 g/mol. The number of pyridine rings is 1. The van der Waals surface area contributed by atoms with E-state index in [2.05, 4.69) is 10.3 Å². The molecule has 3 aromatic rings. The molecular formula is C17H16FN3O. The summed E-state index contributed by atoms with van der Waals surface area (Å²) in [6, 6.07) is 10.0. The topological polar surface area (TPSA) is 46.4 Å². The zero-order valence-electron chi connectivity index (χ0n) is 12.4. The highest BCUT2D eigenvalue weighted by Gasteiger charge is 2.14. The molecule has 1 amide bonds. The van der Waals surface area contributed by atoms with Gasteiger partial charge in [0.25, 0.3) is 0 Å². The number of benzene rings is 1. The molecule has 2 heterocycles. The van der Waals surface area contributed by atoms with Gasteiger partial charge in [-0.25, -0.2) is 9.37 Å². The van der Waals surface area contributed by atoms with E-state index in [1.807, 2.05) is 36.6 Å². The standard InChI is InChI=1S/C17H16FN3O/c1-11-6-5-9-21-15(12(2)19-17(11)21)10-16(22)20-14-8-4-3-7-13(14)18/h3-9H,10H2,1-2H3,(H,20,22). The van der Waals surface area contributed by atoms with Gasteiger partial charge in [0.2, 0.25) is 5.91 Å². The molecule has 112 valence electrons. The predicted octanol–water partition coefficient (Wildman–Crippen LogP) is 3.27. The molecule has 0 radical (unpaired) electrons. The molecule has 1 aromatic carbocycles. The highest BCUT2D eigenvalue weighted by molar-refractivity contribution is 5.92. The van der Waals surface area contributed by atoms with E-state index in [1.54, 1.807) is 18.2 Å². The van der Waals surface area contributed by atoms with Gasteiger partial charge in [-0.3, -0.25) is 4.79 Å². The van der Waals surface area contributed by atoms with Gasteiger partial charge in [0, 0.05) is 6.20 Å². The second kappa shape index (κ2) is 5.60. The third-order valence-corrected chi connectivity index (χ3v) is 3.62. The molecule has 3 rings (SSSR count). The number of carbonyl (C=O) groups is 1. The Kier molecular flexibility index (Phi) is 3.63. The van der Waals surface area contributed by atoms with Gasteiger partial charge in [0.1, 0.15) is 11.5 Å². The number of nitrogens with one attached hydrogen (secondary N) is 1. The van der Waals surface area contributed by atoms with Crippen LogP contribution in [0.2, 0.25) is 0 Å². The van der Waals surface area contributed by atoms with Gasteiger partial charge in [0.05, 0.1) is 23.5 Å². The molecule has 1 N–H and O–H groups in total. The third kappa shape index (κ3) is 2.57. The van der Waals surface area contributed by atoms with Gasteiger partial charge in [0.15, 0.2) is 0 Å². The van der Waals surface area contributed by atoms with Crippen LogP contribution in [0.3, 0.4) is 0 Å². The average molecular weight is 297 g/mol. The van der Waals surface area contributed by atoms with E-state index in [4.69, 9.17) is 0 Å². The first-order valence-corrected chi connectivity index (χ1v) is 7.04. The Hall–Kier alpha value is -2.69. The summed E-state index contributed by atoms with van der Waals surface area (Å²) in [5.41, 5.74) is 3.70. The van der Waals surface area contributed by atoms with Crippen molar-refractivity contribution in [2.75, 3.05) is 5.32 Å². The first-order chi connectivity index (χ1) is 10.6. The summed E-state index contributed by atoms with van der Waals surface area (Å²) >= 11 is 0. The predicted molar refractivity (Wildman–Crippen MR) is 83.4 cm³/mol. The van der Waals surface area contributed by atoms with E-state index >= 15 is 0 Å². The van der Waals surface area contributed by atoms with Crippen molar-refractivity contribution in [2.45, 2.75) is 20.3 Å². The molecule has 0 spiro atoms. The highest BCUT2D eigenvalue weighted by atomic mass is 19.1. The summed E-state index contributed by atoms with van der Waals surface area (Å²) in [6.45, 7) is 3.85. The molecule has 2 aromatic heterocycles. The summed E-state index contributed by atoms with van der Waals surface area (Å²) in [5, 5.41) is 2.60.